The monoisotopic (exact) mass is 594 g/mol. The fourth-order valence-corrected chi connectivity index (χ4v) is 5.81. The number of nitrogens with zero attached hydrogens (tertiary/aromatic N) is 2. The number of carbonyl (C=O) groups excluding carboxylic acids is 5. The molecule has 43 heavy (non-hydrogen) atoms. The van der Waals surface area contributed by atoms with Gasteiger partial charge in [0, 0.05) is 37.9 Å². The summed E-state index contributed by atoms with van der Waals surface area (Å²) in [6.07, 6.45) is -0.205. The second-order valence-corrected chi connectivity index (χ2v) is 10.7. The topological polar surface area (TPSA) is 173 Å². The lowest BCUT2D eigenvalue weighted by atomic mass is 10.1. The van der Waals surface area contributed by atoms with E-state index in [1.165, 1.54) is 48.3 Å². The molecule has 4 aliphatic rings. The number of fused-ring (bicyclic) bond motifs is 4. The van der Waals surface area contributed by atoms with Crippen LogP contribution in [0.4, 0.5) is 11.4 Å². The molecule has 2 fully saturated rings. The first kappa shape index (κ1) is 28.3. The van der Waals surface area contributed by atoms with Crippen LogP contribution in [0.1, 0.15) is 40.0 Å². The van der Waals surface area contributed by atoms with Gasteiger partial charge in [-0.05, 0) is 12.1 Å². The van der Waals surface area contributed by atoms with E-state index >= 15 is 0 Å². The van der Waals surface area contributed by atoms with Crippen molar-refractivity contribution in [3.8, 4) is 23.0 Å². The van der Waals surface area contributed by atoms with E-state index in [4.69, 9.17) is 18.9 Å². The molecular formula is C29H30N4O10. The average molecular weight is 595 g/mol. The first-order chi connectivity index (χ1) is 20.7. The Morgan fingerprint density at radius 3 is 1.86 bits per heavy atom. The van der Waals surface area contributed by atoms with E-state index in [-0.39, 0.29) is 79.3 Å². The number of carbonyl (C=O) groups is 5. The summed E-state index contributed by atoms with van der Waals surface area (Å²) in [5.74, 6) is -0.594. The quantitative estimate of drug-likeness (QED) is 0.371. The molecule has 0 aliphatic carbocycles. The average Bonchev–Trinajstić information content (AvgIpc) is 3.54. The van der Waals surface area contributed by atoms with Crippen LogP contribution in [0.3, 0.4) is 0 Å². The van der Waals surface area contributed by atoms with Gasteiger partial charge in [0.15, 0.2) is 28.8 Å². The van der Waals surface area contributed by atoms with Crippen molar-refractivity contribution in [1.29, 1.82) is 0 Å². The summed E-state index contributed by atoms with van der Waals surface area (Å²) in [6.45, 7) is 0.332. The zero-order valence-corrected chi connectivity index (χ0v) is 23.5. The molecular weight excluding hydrogens is 564 g/mol. The third-order valence-electron chi connectivity index (χ3n) is 7.94. The molecule has 0 bridgehead atoms. The van der Waals surface area contributed by atoms with Gasteiger partial charge in [-0.1, -0.05) is 0 Å². The lowest BCUT2D eigenvalue weighted by Crippen LogP contribution is -2.40. The number of ether oxygens (including phenoxy) is 4. The highest BCUT2D eigenvalue weighted by Crippen LogP contribution is 2.39. The van der Waals surface area contributed by atoms with Gasteiger partial charge in [0.25, 0.3) is 11.8 Å². The molecule has 3 N–H and O–H groups in total. The van der Waals surface area contributed by atoms with E-state index in [1.54, 1.807) is 0 Å². The molecule has 0 spiro atoms. The fourth-order valence-electron chi connectivity index (χ4n) is 5.81. The SMILES string of the molecule is COc1cc2c(cc1OCCCOc1cc3c(cc1OC)C(=O)N1C[C@H](O)C[C@H]1C(=O)N3)NC(=O)[C@@H]1CC(=O)CN1C2=O. The third-order valence-corrected chi connectivity index (χ3v) is 7.94. The van der Waals surface area contributed by atoms with Crippen LogP contribution in [-0.4, -0.2) is 103 Å². The standard InChI is InChI=1S/C29H30N4O10/c1-40-22-8-16-18(30-26(36)20-6-14(34)12-32(20)28(16)38)10-24(22)42-4-3-5-43-25-11-19-17(9-23(25)41-2)29(39)33-13-15(35)7-21(33)27(37)31-19/h8-11,14,20-21,34H,3-7,12-13H2,1-2H3,(H,30,36)(H,31,37)/t14-,20+,21+/m1/s1. The van der Waals surface area contributed by atoms with Gasteiger partial charge < -0.3 is 44.5 Å². The number of benzene rings is 2. The molecule has 6 rings (SSSR count). The van der Waals surface area contributed by atoms with Crippen molar-refractivity contribution in [1.82, 2.24) is 9.80 Å². The van der Waals surface area contributed by atoms with Crippen LogP contribution in [0.5, 0.6) is 23.0 Å². The minimum atomic E-state index is -0.846. The largest absolute Gasteiger partial charge is 0.493 e. The molecule has 2 aromatic carbocycles. The maximum Gasteiger partial charge on any atom is 0.257 e. The Labute approximate surface area is 245 Å². The summed E-state index contributed by atoms with van der Waals surface area (Å²) < 4.78 is 22.7. The number of nitrogens with one attached hydrogen (secondary N) is 2. The van der Waals surface area contributed by atoms with Gasteiger partial charge in [0.05, 0.1) is 62.6 Å². The van der Waals surface area contributed by atoms with Crippen LogP contribution in [0.25, 0.3) is 0 Å². The predicted octanol–water partition coefficient (Wildman–Crippen LogP) is 0.815. The molecule has 0 radical (unpaired) electrons. The number of hydrogen-bond donors (Lipinski definition) is 3. The molecule has 3 atom stereocenters. The highest BCUT2D eigenvalue weighted by molar-refractivity contribution is 6.14. The zero-order valence-electron chi connectivity index (χ0n) is 23.5. The normalized spacial score (nSPS) is 22.5. The zero-order chi connectivity index (χ0) is 30.4. The first-order valence-corrected chi connectivity index (χ1v) is 13.8. The number of anilines is 2. The van der Waals surface area contributed by atoms with E-state index in [0.717, 1.165) is 0 Å². The van der Waals surface area contributed by atoms with Crippen molar-refractivity contribution in [3.05, 3.63) is 35.4 Å². The van der Waals surface area contributed by atoms with Crippen LogP contribution < -0.4 is 29.6 Å². The van der Waals surface area contributed by atoms with Gasteiger partial charge in [0.2, 0.25) is 11.8 Å². The Bertz CT molecular complexity index is 1540. The number of ketones is 1. The van der Waals surface area contributed by atoms with Crippen molar-refractivity contribution in [2.24, 2.45) is 0 Å². The number of rotatable bonds is 8. The van der Waals surface area contributed by atoms with E-state index < -0.39 is 30.0 Å². The second kappa shape index (κ2) is 11.1. The number of methoxy groups -OCH3 is 2. The van der Waals surface area contributed by atoms with Crippen molar-refractivity contribution < 1.29 is 48.0 Å². The Morgan fingerprint density at radius 1 is 0.767 bits per heavy atom. The van der Waals surface area contributed by atoms with Crippen LogP contribution in [0.15, 0.2) is 24.3 Å². The minimum absolute atomic E-state index is 0.0210. The second-order valence-electron chi connectivity index (χ2n) is 10.7. The van der Waals surface area contributed by atoms with E-state index in [2.05, 4.69) is 10.6 Å². The lowest BCUT2D eigenvalue weighted by Gasteiger charge is -2.20. The number of hydrogen-bond acceptors (Lipinski definition) is 10. The van der Waals surface area contributed by atoms with Gasteiger partial charge in [0.1, 0.15) is 12.1 Å². The fraction of sp³-hybridized carbons (Fsp3) is 0.414. The van der Waals surface area contributed by atoms with Gasteiger partial charge in [-0.15, -0.1) is 0 Å². The highest BCUT2D eigenvalue weighted by atomic mass is 16.5. The van der Waals surface area contributed by atoms with Gasteiger partial charge in [-0.25, -0.2) is 0 Å². The molecule has 14 heteroatoms. The first-order valence-electron chi connectivity index (χ1n) is 13.8. The molecule has 4 aliphatic heterocycles. The molecule has 226 valence electrons. The molecule has 4 amide bonds. The maximum atomic E-state index is 13.1. The van der Waals surface area contributed by atoms with Crippen LogP contribution in [0, 0.1) is 0 Å². The Kier molecular flexibility index (Phi) is 7.30. The number of aliphatic hydroxyl groups is 1. The summed E-state index contributed by atoms with van der Waals surface area (Å²) in [7, 11) is 2.87. The van der Waals surface area contributed by atoms with Crippen LogP contribution in [-0.2, 0) is 14.4 Å². The maximum absolute atomic E-state index is 13.1. The Hall–Kier alpha value is -4.85. The summed E-state index contributed by atoms with van der Waals surface area (Å²) in [5.41, 5.74) is 1.01. The van der Waals surface area contributed by atoms with Crippen molar-refractivity contribution in [3.63, 3.8) is 0 Å². The predicted molar refractivity (Wildman–Crippen MR) is 149 cm³/mol. The van der Waals surface area contributed by atoms with E-state index in [9.17, 15) is 29.1 Å². The molecule has 2 aromatic rings. The van der Waals surface area contributed by atoms with Crippen molar-refractivity contribution in [2.75, 3.05) is 51.2 Å². The molecule has 0 aromatic heterocycles. The van der Waals surface area contributed by atoms with Crippen LogP contribution in [0.2, 0.25) is 0 Å². The van der Waals surface area contributed by atoms with E-state index in [1.807, 2.05) is 0 Å². The number of aliphatic hydroxyl groups excluding tert-OH is 1. The van der Waals surface area contributed by atoms with Gasteiger partial charge in [-0.3, -0.25) is 24.0 Å². The van der Waals surface area contributed by atoms with Gasteiger partial charge in [-0.2, -0.15) is 0 Å². The summed E-state index contributed by atoms with van der Waals surface area (Å²) in [6, 6.07) is 4.46. The smallest absolute Gasteiger partial charge is 0.257 e. The summed E-state index contributed by atoms with van der Waals surface area (Å²) in [5, 5.41) is 15.5. The summed E-state index contributed by atoms with van der Waals surface area (Å²) in [4.78, 5) is 66.2. The third kappa shape index (κ3) is 5.07. The number of Topliss-reactive ketones (excluding diaryl/α,β-unsaturated/α-hetero) is 1. The molecule has 14 nitrogen and oxygen atoms in total. The molecule has 4 heterocycles. The van der Waals surface area contributed by atoms with Crippen molar-refractivity contribution in [2.45, 2.75) is 37.5 Å². The molecule has 2 saturated heterocycles. The number of amides is 4. The summed E-state index contributed by atoms with van der Waals surface area (Å²) >= 11 is 0. The lowest BCUT2D eigenvalue weighted by molar-refractivity contribution is -0.121. The minimum Gasteiger partial charge on any atom is -0.493 e. The van der Waals surface area contributed by atoms with Crippen molar-refractivity contribution >= 4 is 40.8 Å². The molecule has 0 unspecified atom stereocenters. The highest BCUT2D eigenvalue weighted by Gasteiger charge is 2.44. The van der Waals surface area contributed by atoms with Gasteiger partial charge >= 0.3 is 0 Å². The Balaban J connectivity index is 1.12. The van der Waals surface area contributed by atoms with E-state index in [0.29, 0.717) is 29.4 Å². The van der Waals surface area contributed by atoms with Crippen LogP contribution >= 0.6 is 0 Å². The molecule has 0 saturated carbocycles. The Morgan fingerprint density at radius 2 is 1.30 bits per heavy atom.